The van der Waals surface area contributed by atoms with E-state index in [1.54, 1.807) is 12.4 Å². The van der Waals surface area contributed by atoms with Crippen molar-refractivity contribution in [3.8, 4) is 11.4 Å². The lowest BCUT2D eigenvalue weighted by Crippen LogP contribution is -2.38. The Balaban J connectivity index is 1.61. The number of nitrogens with two attached hydrogens (primary N) is 1. The molecule has 7 heteroatoms. The number of aromatic nitrogens is 3. The number of ketones is 1. The second-order valence-corrected chi connectivity index (χ2v) is 7.21. The first-order chi connectivity index (χ1) is 14.1. The van der Waals surface area contributed by atoms with E-state index in [0.29, 0.717) is 12.4 Å². The fourth-order valence-electron chi connectivity index (χ4n) is 3.64. The van der Waals surface area contributed by atoms with Crippen LogP contribution in [0.1, 0.15) is 28.9 Å². The van der Waals surface area contributed by atoms with E-state index < -0.39 is 0 Å². The van der Waals surface area contributed by atoms with E-state index in [0.717, 1.165) is 36.2 Å². The maximum atomic E-state index is 13.1. The number of aliphatic hydroxyl groups is 1. The molecule has 1 aliphatic heterocycles. The molecule has 0 saturated carbocycles. The molecule has 1 fully saturated rings. The standard InChI is InChI=1S/C22H23N5O2/c23-18-13-25-22(15-5-2-1-3-6-15)26-21(18)20(29)11-16-12-24-9-8-19(16)27-10-4-7-17(28)14-27/h1-3,5-6,8-9,12-13,17,28H,4,7,10-11,14,23H2/t17-/m0/s1. The summed E-state index contributed by atoms with van der Waals surface area (Å²) in [5, 5.41) is 10.0. The van der Waals surface area contributed by atoms with E-state index in [4.69, 9.17) is 5.73 Å². The predicted molar refractivity (Wildman–Crippen MR) is 112 cm³/mol. The summed E-state index contributed by atoms with van der Waals surface area (Å²) in [4.78, 5) is 28.0. The Morgan fingerprint density at radius 2 is 2.03 bits per heavy atom. The summed E-state index contributed by atoms with van der Waals surface area (Å²) >= 11 is 0. The lowest BCUT2D eigenvalue weighted by Gasteiger charge is -2.33. The number of hydrogen-bond acceptors (Lipinski definition) is 7. The fraction of sp³-hybridized carbons (Fsp3) is 0.273. The molecule has 1 saturated heterocycles. The normalized spacial score (nSPS) is 16.6. The summed E-state index contributed by atoms with van der Waals surface area (Å²) in [5.74, 6) is 0.280. The van der Waals surface area contributed by atoms with Crippen molar-refractivity contribution in [2.24, 2.45) is 0 Å². The zero-order valence-corrected chi connectivity index (χ0v) is 16.0. The first kappa shape index (κ1) is 19.0. The highest BCUT2D eigenvalue weighted by Gasteiger charge is 2.22. The lowest BCUT2D eigenvalue weighted by atomic mass is 10.0. The number of β-amino-alcohol motifs (C(OH)–C–C–N with tert-alkyl or cyclic N) is 1. The van der Waals surface area contributed by atoms with Gasteiger partial charge in [-0.2, -0.15) is 0 Å². The van der Waals surface area contributed by atoms with Gasteiger partial charge in [-0.1, -0.05) is 30.3 Å². The minimum atomic E-state index is -0.355. The van der Waals surface area contributed by atoms with Crippen molar-refractivity contribution in [2.75, 3.05) is 23.7 Å². The molecule has 3 heterocycles. The molecule has 0 spiro atoms. The third-order valence-electron chi connectivity index (χ3n) is 5.08. The number of carbonyl (C=O) groups excluding carboxylic acids is 1. The van der Waals surface area contributed by atoms with Gasteiger partial charge in [0.25, 0.3) is 0 Å². The number of rotatable bonds is 5. The Labute approximate surface area is 169 Å². The van der Waals surface area contributed by atoms with Gasteiger partial charge in [0.05, 0.1) is 18.0 Å². The van der Waals surface area contributed by atoms with E-state index in [1.807, 2.05) is 36.4 Å². The average Bonchev–Trinajstić information content (AvgIpc) is 2.75. The van der Waals surface area contributed by atoms with Gasteiger partial charge in [-0.05, 0) is 18.9 Å². The summed E-state index contributed by atoms with van der Waals surface area (Å²) in [5.41, 5.74) is 9.03. The molecule has 1 aliphatic rings. The van der Waals surface area contributed by atoms with Crippen molar-refractivity contribution in [2.45, 2.75) is 25.4 Å². The molecule has 1 atom stereocenters. The Morgan fingerprint density at radius 3 is 2.83 bits per heavy atom. The number of nitrogens with zero attached hydrogens (tertiary/aromatic N) is 4. The van der Waals surface area contributed by atoms with Crippen molar-refractivity contribution in [3.05, 3.63) is 66.2 Å². The number of aliphatic hydroxyl groups excluding tert-OH is 1. The predicted octanol–water partition coefficient (Wildman–Crippen LogP) is 2.51. The molecule has 3 aromatic rings. The van der Waals surface area contributed by atoms with Crippen molar-refractivity contribution in [1.29, 1.82) is 0 Å². The van der Waals surface area contributed by atoms with Crippen LogP contribution >= 0.6 is 0 Å². The van der Waals surface area contributed by atoms with Crippen LogP contribution in [0.15, 0.2) is 55.0 Å². The second-order valence-electron chi connectivity index (χ2n) is 7.21. The molecule has 3 N–H and O–H groups in total. The third-order valence-corrected chi connectivity index (χ3v) is 5.08. The summed E-state index contributed by atoms with van der Waals surface area (Å²) in [6.45, 7) is 1.40. The highest BCUT2D eigenvalue weighted by Crippen LogP contribution is 2.26. The molecular formula is C22H23N5O2. The van der Waals surface area contributed by atoms with Crippen molar-refractivity contribution in [3.63, 3.8) is 0 Å². The molecule has 0 aliphatic carbocycles. The van der Waals surface area contributed by atoms with Gasteiger partial charge in [-0.15, -0.1) is 0 Å². The Hall–Kier alpha value is -3.32. The SMILES string of the molecule is Nc1cnc(-c2ccccc2)nc1C(=O)Cc1cnccc1N1CCC[C@H](O)C1. The fourth-order valence-corrected chi connectivity index (χ4v) is 3.64. The molecule has 1 aromatic carbocycles. The number of nitrogen functional groups attached to an aromatic ring is 1. The number of pyridine rings is 1. The van der Waals surface area contributed by atoms with Gasteiger partial charge in [0, 0.05) is 48.7 Å². The number of Topliss-reactive ketones (excluding diaryl/α,β-unsaturated/α-hetero) is 1. The quantitative estimate of drug-likeness (QED) is 0.646. The van der Waals surface area contributed by atoms with Crippen LogP contribution in [0.5, 0.6) is 0 Å². The minimum absolute atomic E-state index is 0.130. The summed E-state index contributed by atoms with van der Waals surface area (Å²) < 4.78 is 0. The summed E-state index contributed by atoms with van der Waals surface area (Å²) in [6.07, 6.45) is 6.37. The van der Waals surface area contributed by atoms with Crippen LogP contribution in [0, 0.1) is 0 Å². The summed E-state index contributed by atoms with van der Waals surface area (Å²) in [7, 11) is 0. The monoisotopic (exact) mass is 389 g/mol. The van der Waals surface area contributed by atoms with E-state index in [2.05, 4.69) is 19.9 Å². The third kappa shape index (κ3) is 4.25. The first-order valence-electron chi connectivity index (χ1n) is 9.69. The Morgan fingerprint density at radius 1 is 1.21 bits per heavy atom. The van der Waals surface area contributed by atoms with Gasteiger partial charge in [-0.3, -0.25) is 9.78 Å². The largest absolute Gasteiger partial charge is 0.396 e. The van der Waals surface area contributed by atoms with Crippen LogP contribution in [0.4, 0.5) is 11.4 Å². The number of anilines is 2. The topological polar surface area (TPSA) is 105 Å². The van der Waals surface area contributed by atoms with Crippen LogP contribution in [0.2, 0.25) is 0 Å². The molecule has 29 heavy (non-hydrogen) atoms. The number of hydrogen-bond donors (Lipinski definition) is 2. The molecule has 0 unspecified atom stereocenters. The molecule has 0 amide bonds. The zero-order valence-electron chi connectivity index (χ0n) is 16.0. The Kier molecular flexibility index (Phi) is 5.48. The molecule has 2 aromatic heterocycles. The first-order valence-corrected chi connectivity index (χ1v) is 9.69. The van der Waals surface area contributed by atoms with Crippen LogP contribution in [-0.4, -0.2) is 45.0 Å². The van der Waals surface area contributed by atoms with Gasteiger partial charge in [0.15, 0.2) is 11.6 Å². The average molecular weight is 389 g/mol. The number of piperidine rings is 1. The highest BCUT2D eigenvalue weighted by molar-refractivity contribution is 6.00. The highest BCUT2D eigenvalue weighted by atomic mass is 16.3. The van der Waals surface area contributed by atoms with Gasteiger partial charge in [-0.25, -0.2) is 9.97 Å². The van der Waals surface area contributed by atoms with Gasteiger partial charge in [0.1, 0.15) is 5.69 Å². The molecule has 4 rings (SSSR count). The van der Waals surface area contributed by atoms with Gasteiger partial charge < -0.3 is 15.7 Å². The van der Waals surface area contributed by atoms with Crippen LogP contribution in [-0.2, 0) is 6.42 Å². The molecule has 7 nitrogen and oxygen atoms in total. The summed E-state index contributed by atoms with van der Waals surface area (Å²) in [6, 6.07) is 11.4. The Bertz CT molecular complexity index is 1010. The maximum absolute atomic E-state index is 13.1. The molecule has 148 valence electrons. The van der Waals surface area contributed by atoms with E-state index in [1.165, 1.54) is 6.20 Å². The van der Waals surface area contributed by atoms with E-state index >= 15 is 0 Å². The van der Waals surface area contributed by atoms with E-state index in [9.17, 15) is 9.90 Å². The van der Waals surface area contributed by atoms with Crippen molar-refractivity contribution >= 4 is 17.2 Å². The smallest absolute Gasteiger partial charge is 0.187 e. The maximum Gasteiger partial charge on any atom is 0.187 e. The molecular weight excluding hydrogens is 366 g/mol. The van der Waals surface area contributed by atoms with Crippen LogP contribution in [0.3, 0.4) is 0 Å². The second kappa shape index (κ2) is 8.36. The number of carbonyl (C=O) groups is 1. The van der Waals surface area contributed by atoms with Crippen LogP contribution < -0.4 is 10.6 Å². The van der Waals surface area contributed by atoms with Gasteiger partial charge in [0.2, 0.25) is 0 Å². The van der Waals surface area contributed by atoms with E-state index in [-0.39, 0.29) is 29.7 Å². The number of benzene rings is 1. The van der Waals surface area contributed by atoms with Gasteiger partial charge >= 0.3 is 0 Å². The minimum Gasteiger partial charge on any atom is -0.396 e. The molecule has 0 radical (unpaired) electrons. The van der Waals surface area contributed by atoms with Crippen molar-refractivity contribution < 1.29 is 9.90 Å². The van der Waals surface area contributed by atoms with Crippen LogP contribution in [0.25, 0.3) is 11.4 Å². The zero-order chi connectivity index (χ0) is 20.2. The molecule has 0 bridgehead atoms. The lowest BCUT2D eigenvalue weighted by molar-refractivity contribution is 0.0989. The van der Waals surface area contributed by atoms with Crippen molar-refractivity contribution in [1.82, 2.24) is 15.0 Å².